The summed E-state index contributed by atoms with van der Waals surface area (Å²) in [6.45, 7) is 2.58. The van der Waals surface area contributed by atoms with E-state index < -0.39 is 10.0 Å². The number of likely N-dealkylation sites (tertiary alicyclic amines) is 1. The van der Waals surface area contributed by atoms with E-state index in [4.69, 9.17) is 4.74 Å². The van der Waals surface area contributed by atoms with E-state index in [2.05, 4.69) is 26.9 Å². The fraction of sp³-hybridized carbons (Fsp3) is 0.400. The van der Waals surface area contributed by atoms with Crippen molar-refractivity contribution in [3.05, 3.63) is 77.4 Å². The Kier molecular flexibility index (Phi) is 6.42. The van der Waals surface area contributed by atoms with Crippen LogP contribution in [0, 0.1) is 5.82 Å². The number of fused-ring (bicyclic) bond motifs is 1. The maximum Gasteiger partial charge on any atom is 0.243 e. The Morgan fingerprint density at radius 2 is 2.06 bits per heavy atom. The fourth-order valence-corrected chi connectivity index (χ4v) is 5.95. The summed E-state index contributed by atoms with van der Waals surface area (Å²) in [6, 6.07) is 13.4. The van der Waals surface area contributed by atoms with Gasteiger partial charge in [0.1, 0.15) is 23.1 Å². The van der Waals surface area contributed by atoms with Crippen molar-refractivity contribution in [2.75, 3.05) is 26.2 Å². The van der Waals surface area contributed by atoms with Gasteiger partial charge in [0, 0.05) is 31.7 Å². The number of ether oxygens (including phenoxy) is 1. The van der Waals surface area contributed by atoms with Crippen LogP contribution >= 0.6 is 0 Å². The first kappa shape index (κ1) is 23.0. The van der Waals surface area contributed by atoms with Crippen LogP contribution in [0.1, 0.15) is 29.0 Å². The Morgan fingerprint density at radius 3 is 2.76 bits per heavy atom. The van der Waals surface area contributed by atoms with E-state index >= 15 is 0 Å². The SMILES string of the molecule is Cn1cc(S(=O)(=O)NCCOc2ccc3c(c2)C(Cc2cccc(F)c2)C(N2CCC2)C3)cn1. The highest BCUT2D eigenvalue weighted by Crippen LogP contribution is 2.41. The smallest absolute Gasteiger partial charge is 0.243 e. The minimum Gasteiger partial charge on any atom is -0.492 e. The third kappa shape index (κ3) is 4.87. The number of benzene rings is 2. The van der Waals surface area contributed by atoms with Gasteiger partial charge in [-0.2, -0.15) is 5.10 Å². The second-order valence-corrected chi connectivity index (χ2v) is 10.8. The average molecular weight is 485 g/mol. The molecule has 1 N–H and O–H groups in total. The van der Waals surface area contributed by atoms with Crippen molar-refractivity contribution < 1.29 is 17.5 Å². The van der Waals surface area contributed by atoms with Gasteiger partial charge in [-0.15, -0.1) is 0 Å². The number of aryl methyl sites for hydroxylation is 1. The van der Waals surface area contributed by atoms with Crippen molar-refractivity contribution in [2.24, 2.45) is 7.05 Å². The second kappa shape index (κ2) is 9.48. The van der Waals surface area contributed by atoms with Gasteiger partial charge in [-0.3, -0.25) is 9.58 Å². The summed E-state index contributed by atoms with van der Waals surface area (Å²) in [5.74, 6) is 0.777. The van der Waals surface area contributed by atoms with Crippen molar-refractivity contribution in [3.63, 3.8) is 0 Å². The number of aromatic nitrogens is 2. The zero-order chi connectivity index (χ0) is 23.7. The molecular formula is C25H29FN4O3S. The summed E-state index contributed by atoms with van der Waals surface area (Å²) in [5.41, 5.74) is 3.55. The molecule has 3 aromatic rings. The predicted molar refractivity (Wildman–Crippen MR) is 127 cm³/mol. The molecular weight excluding hydrogens is 455 g/mol. The third-order valence-electron chi connectivity index (χ3n) is 6.77. The summed E-state index contributed by atoms with van der Waals surface area (Å²) in [5, 5.41) is 3.90. The first-order valence-electron chi connectivity index (χ1n) is 11.6. The molecule has 2 unspecified atom stereocenters. The monoisotopic (exact) mass is 484 g/mol. The molecule has 1 aromatic heterocycles. The van der Waals surface area contributed by atoms with E-state index in [1.807, 2.05) is 12.1 Å². The van der Waals surface area contributed by atoms with Gasteiger partial charge < -0.3 is 4.74 Å². The Hall–Kier alpha value is -2.75. The van der Waals surface area contributed by atoms with Gasteiger partial charge in [0.25, 0.3) is 0 Å². The summed E-state index contributed by atoms with van der Waals surface area (Å²) in [4.78, 5) is 2.65. The lowest BCUT2D eigenvalue weighted by atomic mass is 9.89. The lowest BCUT2D eigenvalue weighted by molar-refractivity contribution is 0.106. The van der Waals surface area contributed by atoms with Crippen LogP contribution in [0.5, 0.6) is 5.75 Å². The number of nitrogens with zero attached hydrogens (tertiary/aromatic N) is 3. The van der Waals surface area contributed by atoms with Gasteiger partial charge in [0.05, 0.1) is 6.20 Å². The van der Waals surface area contributed by atoms with Crippen LogP contribution in [-0.4, -0.2) is 55.4 Å². The molecule has 7 nitrogen and oxygen atoms in total. The van der Waals surface area contributed by atoms with Gasteiger partial charge in [0.2, 0.25) is 10.0 Å². The number of hydrogen-bond donors (Lipinski definition) is 1. The number of nitrogens with one attached hydrogen (secondary N) is 1. The molecule has 1 saturated heterocycles. The molecule has 0 saturated carbocycles. The molecule has 9 heteroatoms. The zero-order valence-electron chi connectivity index (χ0n) is 19.2. The van der Waals surface area contributed by atoms with E-state index in [1.54, 1.807) is 19.2 Å². The summed E-state index contributed by atoms with van der Waals surface area (Å²) in [6.07, 6.45) is 5.76. The van der Waals surface area contributed by atoms with E-state index in [0.717, 1.165) is 31.5 Å². The predicted octanol–water partition coefficient (Wildman–Crippen LogP) is 2.87. The molecule has 2 heterocycles. The van der Waals surface area contributed by atoms with Crippen LogP contribution < -0.4 is 9.46 Å². The molecule has 1 aliphatic heterocycles. The standard InChI is InChI=1S/C25H29FN4O3S/c1-29-17-22(16-27-29)34(31,32)28-8-11-33-21-7-6-19-14-25(30-9-3-10-30)24(23(19)15-21)13-18-4-2-5-20(26)12-18/h2,4-7,12,15-17,24-25,28H,3,8-11,13-14H2,1H3. The van der Waals surface area contributed by atoms with E-state index in [1.165, 1.54) is 40.7 Å². The molecule has 2 aromatic carbocycles. The van der Waals surface area contributed by atoms with Gasteiger partial charge in [0.15, 0.2) is 0 Å². The normalized spacial score (nSPS) is 20.2. The number of hydrogen-bond acceptors (Lipinski definition) is 5. The maximum absolute atomic E-state index is 13.8. The van der Waals surface area contributed by atoms with Crippen molar-refractivity contribution in [2.45, 2.75) is 36.1 Å². The molecule has 180 valence electrons. The van der Waals surface area contributed by atoms with Crippen LogP contribution in [0.3, 0.4) is 0 Å². The first-order valence-corrected chi connectivity index (χ1v) is 13.1. The van der Waals surface area contributed by atoms with E-state index in [-0.39, 0.29) is 29.8 Å². The number of rotatable bonds is 9. The molecule has 1 fully saturated rings. The molecule has 1 aliphatic carbocycles. The number of sulfonamides is 1. The van der Waals surface area contributed by atoms with Crippen LogP contribution in [0.15, 0.2) is 59.8 Å². The molecule has 2 atom stereocenters. The Bertz CT molecular complexity index is 1270. The van der Waals surface area contributed by atoms with Crippen molar-refractivity contribution in [1.29, 1.82) is 0 Å². The summed E-state index contributed by atoms with van der Waals surface area (Å²) >= 11 is 0. The maximum atomic E-state index is 13.8. The second-order valence-electron chi connectivity index (χ2n) is 9.06. The minimum absolute atomic E-state index is 0.129. The molecule has 2 aliphatic rings. The van der Waals surface area contributed by atoms with Gasteiger partial charge in [-0.25, -0.2) is 17.5 Å². The highest BCUT2D eigenvalue weighted by atomic mass is 32.2. The van der Waals surface area contributed by atoms with Gasteiger partial charge in [-0.1, -0.05) is 18.2 Å². The third-order valence-corrected chi connectivity index (χ3v) is 8.18. The van der Waals surface area contributed by atoms with Crippen molar-refractivity contribution in [1.82, 2.24) is 19.4 Å². The van der Waals surface area contributed by atoms with Crippen LogP contribution in [0.25, 0.3) is 0 Å². The summed E-state index contributed by atoms with van der Waals surface area (Å²) < 4.78 is 48.4. The highest BCUT2D eigenvalue weighted by Gasteiger charge is 2.38. The van der Waals surface area contributed by atoms with Crippen molar-refractivity contribution in [3.8, 4) is 5.75 Å². The molecule has 5 rings (SSSR count). The summed E-state index contributed by atoms with van der Waals surface area (Å²) in [7, 11) is -1.94. The molecule has 34 heavy (non-hydrogen) atoms. The Balaban J connectivity index is 1.26. The van der Waals surface area contributed by atoms with Crippen LogP contribution in [-0.2, 0) is 29.9 Å². The van der Waals surface area contributed by atoms with E-state index in [9.17, 15) is 12.8 Å². The van der Waals surface area contributed by atoms with Crippen molar-refractivity contribution >= 4 is 10.0 Å². The molecule has 0 spiro atoms. The van der Waals surface area contributed by atoms with Gasteiger partial charge in [-0.05, 0) is 73.3 Å². The van der Waals surface area contributed by atoms with E-state index in [0.29, 0.717) is 11.8 Å². The quantitative estimate of drug-likeness (QED) is 0.473. The van der Waals surface area contributed by atoms with Gasteiger partial charge >= 0.3 is 0 Å². The average Bonchev–Trinajstić information content (AvgIpc) is 3.35. The molecule has 0 radical (unpaired) electrons. The molecule has 0 bridgehead atoms. The Labute approximate surface area is 199 Å². The highest BCUT2D eigenvalue weighted by molar-refractivity contribution is 7.89. The van der Waals surface area contributed by atoms with Crippen LogP contribution in [0.4, 0.5) is 4.39 Å². The largest absolute Gasteiger partial charge is 0.492 e. The molecule has 0 amide bonds. The number of halogens is 1. The Morgan fingerprint density at radius 1 is 1.21 bits per heavy atom. The minimum atomic E-state index is -3.61. The topological polar surface area (TPSA) is 76.5 Å². The zero-order valence-corrected chi connectivity index (χ0v) is 20.0. The fourth-order valence-electron chi connectivity index (χ4n) is 4.95. The lowest BCUT2D eigenvalue weighted by Gasteiger charge is -2.39. The first-order chi connectivity index (χ1) is 16.4. The van der Waals surface area contributed by atoms with Crippen LogP contribution in [0.2, 0.25) is 0 Å². The lowest BCUT2D eigenvalue weighted by Crippen LogP contribution is -2.47.